The van der Waals surface area contributed by atoms with Gasteiger partial charge in [0.2, 0.25) is 29.5 Å². The fourth-order valence-electron chi connectivity index (χ4n) is 3.29. The van der Waals surface area contributed by atoms with Gasteiger partial charge in [0.25, 0.3) is 10.1 Å². The highest BCUT2D eigenvalue weighted by Gasteiger charge is 2.29. The molecule has 0 aliphatic carbocycles. The molecule has 0 rings (SSSR count). The minimum Gasteiger partial charge on any atom is -0.356 e. The summed E-state index contributed by atoms with van der Waals surface area (Å²) in [5, 5.41) is 12.6. The summed E-state index contributed by atoms with van der Waals surface area (Å²) in [6.07, 6.45) is 2.61. The topological polar surface area (TPSA) is 200 Å². The van der Waals surface area contributed by atoms with Crippen molar-refractivity contribution >= 4 is 64.9 Å². The van der Waals surface area contributed by atoms with Gasteiger partial charge in [0.05, 0.1) is 0 Å². The van der Waals surface area contributed by atoms with Crippen LogP contribution < -0.4 is 26.6 Å². The van der Waals surface area contributed by atoms with E-state index in [2.05, 4.69) is 51.8 Å². The molecule has 0 aromatic rings. The third-order valence-electron chi connectivity index (χ3n) is 5.13. The normalized spacial score (nSPS) is 12.8. The average molecular weight is 614 g/mol. The number of carbonyl (C=O) groups is 5. The molecule has 0 saturated carbocycles. The molecule has 226 valence electrons. The van der Waals surface area contributed by atoms with Crippen LogP contribution in [-0.2, 0) is 34.1 Å². The van der Waals surface area contributed by atoms with Gasteiger partial charge in [-0.3, -0.25) is 28.5 Å². The van der Waals surface area contributed by atoms with Crippen LogP contribution in [0, 0.1) is 0 Å². The summed E-state index contributed by atoms with van der Waals surface area (Å²) in [6, 6.07) is -2.86. The van der Waals surface area contributed by atoms with Gasteiger partial charge in [-0.25, -0.2) is 0 Å². The standard InChI is InChI=1S/C23H43N5O8S3/c1-16(2)26-21(31)10-12-25-22(32)18(15-39(34,35)36)28-23(33)17(27-20(30)9-6-14-38)7-3-4-11-24-19(29)8-5-13-37/h16-18,37-38H,3-15H2,1-2H3,(H,24,29)(H,25,32)(H,26,31)(H,27,30)(H,28,33)(H,34,35,36). The minimum absolute atomic E-state index is 0.0779. The molecular formula is C23H43N5O8S3. The number of carbonyl (C=O) groups excluding carboxylic acids is 5. The molecule has 39 heavy (non-hydrogen) atoms. The maximum Gasteiger partial charge on any atom is 0.267 e. The van der Waals surface area contributed by atoms with Crippen LogP contribution in [0.4, 0.5) is 0 Å². The van der Waals surface area contributed by atoms with Crippen molar-refractivity contribution in [3.63, 3.8) is 0 Å². The van der Waals surface area contributed by atoms with Gasteiger partial charge >= 0.3 is 0 Å². The lowest BCUT2D eigenvalue weighted by atomic mass is 10.1. The van der Waals surface area contributed by atoms with Gasteiger partial charge in [0.1, 0.15) is 17.8 Å². The fourth-order valence-corrected chi connectivity index (χ4v) is 4.26. The Kier molecular flexibility index (Phi) is 19.7. The first-order chi connectivity index (χ1) is 18.3. The minimum atomic E-state index is -4.67. The third-order valence-corrected chi connectivity index (χ3v) is 6.52. The largest absolute Gasteiger partial charge is 0.356 e. The lowest BCUT2D eigenvalue weighted by molar-refractivity contribution is -0.132. The van der Waals surface area contributed by atoms with Crippen LogP contribution in [0.3, 0.4) is 0 Å². The molecule has 0 aromatic carbocycles. The van der Waals surface area contributed by atoms with E-state index in [0.29, 0.717) is 50.2 Å². The number of amides is 5. The van der Waals surface area contributed by atoms with Gasteiger partial charge in [-0.1, -0.05) is 0 Å². The summed E-state index contributed by atoms with van der Waals surface area (Å²) in [5.41, 5.74) is 0. The van der Waals surface area contributed by atoms with Crippen molar-refractivity contribution in [2.45, 2.75) is 83.3 Å². The molecule has 0 aliphatic heterocycles. The van der Waals surface area contributed by atoms with E-state index in [0.717, 1.165) is 0 Å². The van der Waals surface area contributed by atoms with Gasteiger partial charge in [-0.2, -0.15) is 33.7 Å². The Morgan fingerprint density at radius 3 is 1.85 bits per heavy atom. The quantitative estimate of drug-likeness (QED) is 0.0485. The Morgan fingerprint density at radius 2 is 1.28 bits per heavy atom. The van der Waals surface area contributed by atoms with Crippen molar-refractivity contribution in [1.29, 1.82) is 0 Å². The number of rotatable bonds is 21. The Hall–Kier alpha value is -2.04. The second kappa shape index (κ2) is 20.8. The van der Waals surface area contributed by atoms with E-state index in [9.17, 15) is 36.9 Å². The molecule has 13 nitrogen and oxygen atoms in total. The van der Waals surface area contributed by atoms with E-state index in [1.54, 1.807) is 13.8 Å². The number of hydrogen-bond acceptors (Lipinski definition) is 9. The van der Waals surface area contributed by atoms with Crippen LogP contribution in [0.5, 0.6) is 0 Å². The molecule has 0 spiro atoms. The Balaban J connectivity index is 5.23. The molecule has 0 aliphatic rings. The van der Waals surface area contributed by atoms with Crippen LogP contribution in [-0.4, -0.2) is 91.0 Å². The van der Waals surface area contributed by atoms with E-state index in [1.807, 2.05) is 0 Å². The highest BCUT2D eigenvalue weighted by molar-refractivity contribution is 7.85. The van der Waals surface area contributed by atoms with Crippen LogP contribution in [0.25, 0.3) is 0 Å². The number of hydrogen-bond donors (Lipinski definition) is 8. The zero-order valence-corrected chi connectivity index (χ0v) is 25.1. The van der Waals surface area contributed by atoms with Crippen LogP contribution >= 0.6 is 25.3 Å². The van der Waals surface area contributed by atoms with Crippen molar-refractivity contribution in [3.05, 3.63) is 0 Å². The van der Waals surface area contributed by atoms with Crippen molar-refractivity contribution in [1.82, 2.24) is 26.6 Å². The molecule has 5 amide bonds. The molecular weight excluding hydrogens is 570 g/mol. The molecule has 6 N–H and O–H groups in total. The van der Waals surface area contributed by atoms with Crippen LogP contribution in [0.1, 0.15) is 65.2 Å². The summed E-state index contributed by atoms with van der Waals surface area (Å²) in [7, 11) is -4.67. The summed E-state index contributed by atoms with van der Waals surface area (Å²) >= 11 is 8.12. The van der Waals surface area contributed by atoms with E-state index in [1.165, 1.54) is 0 Å². The monoisotopic (exact) mass is 613 g/mol. The SMILES string of the molecule is CC(C)NC(=O)CCNC(=O)C(CS(=O)(=O)O)NC(=O)C(CCCCNC(=O)CCCS)NC(=O)CCCS. The second-order valence-electron chi connectivity index (χ2n) is 9.19. The van der Waals surface area contributed by atoms with Gasteiger partial charge < -0.3 is 26.6 Å². The maximum absolute atomic E-state index is 13.0. The zero-order valence-electron chi connectivity index (χ0n) is 22.5. The highest BCUT2D eigenvalue weighted by atomic mass is 32.2. The van der Waals surface area contributed by atoms with Gasteiger partial charge in [-0.05, 0) is 57.5 Å². The molecule has 2 unspecified atom stereocenters. The lowest BCUT2D eigenvalue weighted by Crippen LogP contribution is -2.56. The first-order valence-electron chi connectivity index (χ1n) is 12.9. The molecule has 0 bridgehead atoms. The predicted molar refractivity (Wildman–Crippen MR) is 154 cm³/mol. The zero-order chi connectivity index (χ0) is 29.8. The summed E-state index contributed by atoms with van der Waals surface area (Å²) < 4.78 is 32.3. The van der Waals surface area contributed by atoms with E-state index in [4.69, 9.17) is 0 Å². The predicted octanol–water partition coefficient (Wildman–Crippen LogP) is -0.419. The van der Waals surface area contributed by atoms with Crippen LogP contribution in [0.2, 0.25) is 0 Å². The van der Waals surface area contributed by atoms with E-state index < -0.39 is 45.7 Å². The first kappa shape index (κ1) is 37.0. The second-order valence-corrected chi connectivity index (χ2v) is 11.6. The molecule has 0 aromatic heterocycles. The Morgan fingerprint density at radius 1 is 0.692 bits per heavy atom. The fraction of sp³-hybridized carbons (Fsp3) is 0.783. The molecule has 0 radical (unpaired) electrons. The number of thiol groups is 2. The molecule has 0 fully saturated rings. The average Bonchev–Trinajstić information content (AvgIpc) is 2.83. The van der Waals surface area contributed by atoms with Gasteiger partial charge in [0.15, 0.2) is 0 Å². The van der Waals surface area contributed by atoms with Crippen LogP contribution in [0.15, 0.2) is 0 Å². The van der Waals surface area contributed by atoms with Crippen molar-refractivity contribution in [2.75, 3.05) is 30.3 Å². The van der Waals surface area contributed by atoms with Gasteiger partial charge in [-0.15, -0.1) is 0 Å². The van der Waals surface area contributed by atoms with E-state index in [-0.39, 0.29) is 43.7 Å². The summed E-state index contributed by atoms with van der Waals surface area (Å²) in [6.45, 7) is 3.77. The molecule has 0 saturated heterocycles. The molecule has 16 heteroatoms. The maximum atomic E-state index is 13.0. The number of unbranched alkanes of at least 4 members (excludes halogenated alkanes) is 1. The van der Waals surface area contributed by atoms with Crippen molar-refractivity contribution < 1.29 is 36.9 Å². The Labute approximate surface area is 241 Å². The summed E-state index contributed by atoms with van der Waals surface area (Å²) in [4.78, 5) is 61.4. The third kappa shape index (κ3) is 20.5. The Bertz CT molecular complexity index is 902. The van der Waals surface area contributed by atoms with Crippen molar-refractivity contribution in [3.8, 4) is 0 Å². The van der Waals surface area contributed by atoms with E-state index >= 15 is 0 Å². The number of nitrogens with one attached hydrogen (secondary N) is 5. The highest BCUT2D eigenvalue weighted by Crippen LogP contribution is 2.05. The molecule has 0 heterocycles. The summed E-state index contributed by atoms with van der Waals surface area (Å²) in [5.74, 6) is -2.63. The first-order valence-corrected chi connectivity index (χ1v) is 15.8. The van der Waals surface area contributed by atoms with Gasteiger partial charge in [0, 0.05) is 38.4 Å². The lowest BCUT2D eigenvalue weighted by Gasteiger charge is -2.23. The van der Waals surface area contributed by atoms with Crippen molar-refractivity contribution in [2.24, 2.45) is 0 Å². The molecule has 2 atom stereocenters. The smallest absolute Gasteiger partial charge is 0.267 e.